The third-order valence-electron chi connectivity index (χ3n) is 6.37. The summed E-state index contributed by atoms with van der Waals surface area (Å²) in [6, 6.07) is 9.55. The molecule has 1 N–H and O–H groups in total. The highest BCUT2D eigenvalue weighted by Gasteiger charge is 2.40. The van der Waals surface area contributed by atoms with Crippen LogP contribution in [-0.2, 0) is 16.1 Å². The minimum absolute atomic E-state index is 0.0982. The zero-order valence-electron chi connectivity index (χ0n) is 19.8. The van der Waals surface area contributed by atoms with E-state index in [0.29, 0.717) is 16.5 Å². The van der Waals surface area contributed by atoms with Crippen LogP contribution in [0.5, 0.6) is 0 Å². The second kappa shape index (κ2) is 10.1. The summed E-state index contributed by atoms with van der Waals surface area (Å²) >= 11 is 6.03. The first kappa shape index (κ1) is 24.5. The molecule has 1 saturated heterocycles. The van der Waals surface area contributed by atoms with Gasteiger partial charge in [0.2, 0.25) is 11.8 Å². The molecule has 0 aliphatic carbocycles. The van der Waals surface area contributed by atoms with Gasteiger partial charge < -0.3 is 14.8 Å². The van der Waals surface area contributed by atoms with Crippen LogP contribution in [0.15, 0.2) is 61.2 Å². The number of anilines is 1. The molecule has 4 heterocycles. The van der Waals surface area contributed by atoms with Crippen LogP contribution in [0.25, 0.3) is 22.0 Å². The molecule has 1 aliphatic rings. The maximum Gasteiger partial charge on any atom is 0.247 e. The van der Waals surface area contributed by atoms with Gasteiger partial charge in [0.15, 0.2) is 10.9 Å². The van der Waals surface area contributed by atoms with E-state index in [1.807, 2.05) is 24.3 Å². The van der Waals surface area contributed by atoms with Crippen molar-refractivity contribution < 1.29 is 18.8 Å². The number of halogens is 2. The molecule has 3 aromatic heterocycles. The number of benzene rings is 1. The molecule has 0 spiro atoms. The van der Waals surface area contributed by atoms with E-state index in [-0.39, 0.29) is 36.1 Å². The molecule has 4 aromatic rings. The lowest BCUT2D eigenvalue weighted by Crippen LogP contribution is -2.44. The Labute approximate surface area is 216 Å². The highest BCUT2D eigenvalue weighted by atomic mass is 35.5. The van der Waals surface area contributed by atoms with E-state index in [2.05, 4.69) is 20.5 Å². The summed E-state index contributed by atoms with van der Waals surface area (Å²) in [4.78, 5) is 43.8. The Hall–Kier alpha value is -4.18. The Morgan fingerprint density at radius 2 is 1.97 bits per heavy atom. The zero-order chi connectivity index (χ0) is 26.1. The smallest absolute Gasteiger partial charge is 0.247 e. The molecule has 1 unspecified atom stereocenters. The predicted octanol–water partition coefficient (Wildman–Crippen LogP) is 3.93. The first-order chi connectivity index (χ1) is 17.8. The number of pyridine rings is 1. The van der Waals surface area contributed by atoms with E-state index in [1.165, 1.54) is 18.0 Å². The van der Waals surface area contributed by atoms with Crippen LogP contribution >= 0.6 is 11.6 Å². The van der Waals surface area contributed by atoms with Crippen LogP contribution in [-0.4, -0.2) is 61.0 Å². The van der Waals surface area contributed by atoms with Gasteiger partial charge in [-0.15, -0.1) is 0 Å². The van der Waals surface area contributed by atoms with Crippen LogP contribution < -0.4 is 5.32 Å². The molecule has 1 aromatic carbocycles. The number of Topliss-reactive ketones (excluding diaryl/α,β-unsaturated/α-hetero) is 1. The zero-order valence-corrected chi connectivity index (χ0v) is 20.5. The van der Waals surface area contributed by atoms with E-state index in [1.54, 1.807) is 35.3 Å². The first-order valence-corrected chi connectivity index (χ1v) is 12.0. The molecule has 2 atom stereocenters. The minimum atomic E-state index is -1.34. The molecule has 188 valence electrons. The maximum atomic E-state index is 14.4. The Kier molecular flexibility index (Phi) is 6.66. The Bertz CT molecular complexity index is 1510. The van der Waals surface area contributed by atoms with E-state index in [4.69, 9.17) is 11.6 Å². The van der Waals surface area contributed by atoms with Gasteiger partial charge in [0.25, 0.3) is 0 Å². The number of ketones is 1. The molecule has 5 rings (SSSR count). The number of likely N-dealkylation sites (tertiary alicyclic amines) is 1. The first-order valence-electron chi connectivity index (χ1n) is 11.6. The lowest BCUT2D eigenvalue weighted by molar-refractivity contribution is -0.137. The number of nitrogens with zero attached hydrogens (tertiary/aromatic N) is 5. The molecule has 0 radical (unpaired) electrons. The number of aromatic nitrogens is 4. The van der Waals surface area contributed by atoms with Gasteiger partial charge in [0, 0.05) is 40.8 Å². The number of carbonyl (C=O) groups is 3. The fourth-order valence-corrected chi connectivity index (χ4v) is 4.76. The lowest BCUT2D eigenvalue weighted by atomic mass is 10.0. The van der Waals surface area contributed by atoms with Gasteiger partial charge >= 0.3 is 0 Å². The van der Waals surface area contributed by atoms with Crippen molar-refractivity contribution in [2.75, 3.05) is 11.9 Å². The van der Waals surface area contributed by atoms with Gasteiger partial charge in [0.05, 0.1) is 24.6 Å². The largest absolute Gasteiger partial charge is 0.337 e. The number of hydrogen-bond donors (Lipinski definition) is 1. The number of carbonyl (C=O) groups excluding carboxylic acids is 3. The fourth-order valence-electron chi connectivity index (χ4n) is 4.59. The molecule has 1 fully saturated rings. The average Bonchev–Trinajstić information content (AvgIpc) is 3.46. The summed E-state index contributed by atoms with van der Waals surface area (Å²) < 4.78 is 16.1. The molecule has 0 bridgehead atoms. The predicted molar refractivity (Wildman–Crippen MR) is 136 cm³/mol. The van der Waals surface area contributed by atoms with E-state index >= 15 is 0 Å². The summed E-state index contributed by atoms with van der Waals surface area (Å²) in [5.41, 5.74) is 3.09. The summed E-state index contributed by atoms with van der Waals surface area (Å²) in [5, 5.41) is 11.1. The summed E-state index contributed by atoms with van der Waals surface area (Å²) in [6.07, 6.45) is 4.85. The average molecular weight is 521 g/mol. The van der Waals surface area contributed by atoms with Gasteiger partial charge in [0.1, 0.15) is 18.8 Å². The molecule has 9 nitrogen and oxygen atoms in total. The van der Waals surface area contributed by atoms with Crippen LogP contribution in [0, 0.1) is 0 Å². The summed E-state index contributed by atoms with van der Waals surface area (Å²) in [6.45, 7) is 1.10. The van der Waals surface area contributed by atoms with Crippen molar-refractivity contribution in [3.63, 3.8) is 0 Å². The highest BCUT2D eigenvalue weighted by Crippen LogP contribution is 2.29. The molecule has 1 aliphatic heterocycles. The van der Waals surface area contributed by atoms with Crippen molar-refractivity contribution in [3.05, 3.63) is 71.9 Å². The third kappa shape index (κ3) is 4.92. The second-order valence-corrected chi connectivity index (χ2v) is 9.17. The number of alkyl halides is 1. The molecular weight excluding hydrogens is 499 g/mol. The number of rotatable bonds is 6. The quantitative estimate of drug-likeness (QED) is 0.305. The van der Waals surface area contributed by atoms with Crippen molar-refractivity contribution in [3.8, 4) is 11.1 Å². The SMILES string of the molecule is CC(=O)c1cn(CC(=O)N2C[C@H](F)CC2C(=O)Nc2cccnc2Cl)c2ccc(-c3ccnnc3)cc12. The Morgan fingerprint density at radius 1 is 1.14 bits per heavy atom. The topological polar surface area (TPSA) is 110 Å². The Balaban J connectivity index is 1.41. The summed E-state index contributed by atoms with van der Waals surface area (Å²) in [7, 11) is 0. The van der Waals surface area contributed by atoms with E-state index in [0.717, 1.165) is 11.1 Å². The Morgan fingerprint density at radius 3 is 2.70 bits per heavy atom. The number of nitrogens with one attached hydrogen (secondary N) is 1. The molecule has 11 heteroatoms. The van der Waals surface area contributed by atoms with Crippen LogP contribution in [0.3, 0.4) is 0 Å². The molecule has 2 amide bonds. The fraction of sp³-hybridized carbons (Fsp3) is 0.231. The van der Waals surface area contributed by atoms with E-state index in [9.17, 15) is 18.8 Å². The van der Waals surface area contributed by atoms with Crippen molar-refractivity contribution in [2.45, 2.75) is 32.1 Å². The number of hydrogen-bond acceptors (Lipinski definition) is 6. The normalized spacial score (nSPS) is 17.2. The van der Waals surface area contributed by atoms with Crippen LogP contribution in [0.4, 0.5) is 10.1 Å². The maximum absolute atomic E-state index is 14.4. The monoisotopic (exact) mass is 520 g/mol. The highest BCUT2D eigenvalue weighted by molar-refractivity contribution is 6.32. The standard InChI is InChI=1S/C26H22ClFN6O3/c1-15(35)20-13-33(22-5-4-16(9-19(20)22)17-6-8-30-31-11-17)14-24(36)34-12-18(28)10-23(34)26(37)32-21-3-2-7-29-25(21)27/h2-9,11,13,18,23H,10,12,14H2,1H3,(H,32,37)/t18-,23?/m1/s1. The van der Waals surface area contributed by atoms with Crippen LogP contribution in [0.2, 0.25) is 5.15 Å². The van der Waals surface area contributed by atoms with Crippen molar-refractivity contribution in [1.29, 1.82) is 0 Å². The van der Waals surface area contributed by atoms with Gasteiger partial charge in [-0.3, -0.25) is 14.4 Å². The van der Waals surface area contributed by atoms with Gasteiger partial charge in [-0.25, -0.2) is 9.37 Å². The van der Waals surface area contributed by atoms with Crippen molar-refractivity contribution in [2.24, 2.45) is 0 Å². The molecule has 37 heavy (non-hydrogen) atoms. The van der Waals surface area contributed by atoms with Gasteiger partial charge in [-0.2, -0.15) is 10.2 Å². The van der Waals surface area contributed by atoms with Crippen LogP contribution in [0.1, 0.15) is 23.7 Å². The second-order valence-electron chi connectivity index (χ2n) is 8.82. The number of amides is 2. The lowest BCUT2D eigenvalue weighted by Gasteiger charge is -2.24. The molecular formula is C26H22ClFN6O3. The third-order valence-corrected chi connectivity index (χ3v) is 6.67. The van der Waals surface area contributed by atoms with Crippen molar-refractivity contribution >= 4 is 45.8 Å². The van der Waals surface area contributed by atoms with E-state index < -0.39 is 24.0 Å². The summed E-state index contributed by atoms with van der Waals surface area (Å²) in [5.74, 6) is -1.13. The van der Waals surface area contributed by atoms with Crippen molar-refractivity contribution in [1.82, 2.24) is 24.6 Å². The number of fused-ring (bicyclic) bond motifs is 1. The van der Waals surface area contributed by atoms with Gasteiger partial charge in [-0.1, -0.05) is 17.7 Å². The molecule has 0 saturated carbocycles. The van der Waals surface area contributed by atoms with Gasteiger partial charge in [-0.05, 0) is 42.8 Å². The minimum Gasteiger partial charge on any atom is -0.337 e.